The van der Waals surface area contributed by atoms with Gasteiger partial charge in [0.15, 0.2) is 0 Å². The van der Waals surface area contributed by atoms with E-state index in [1.165, 1.54) is 6.07 Å². The molecule has 0 N–H and O–H groups in total. The SMILES string of the molecule is Cc1cc(F)c(Br)c(CS(=O)(=O)Cl)c1C. The molecule has 0 saturated heterocycles. The van der Waals surface area contributed by atoms with E-state index in [-0.39, 0.29) is 10.2 Å². The normalized spacial score (nSPS) is 11.8. The predicted molar refractivity (Wildman–Crippen MR) is 62.1 cm³/mol. The molecule has 0 heterocycles. The van der Waals surface area contributed by atoms with Crippen molar-refractivity contribution in [2.75, 3.05) is 0 Å². The molecule has 0 spiro atoms. The number of halogens is 3. The molecule has 0 atom stereocenters. The summed E-state index contributed by atoms with van der Waals surface area (Å²) in [6.45, 7) is 3.45. The van der Waals surface area contributed by atoms with Crippen molar-refractivity contribution in [2.24, 2.45) is 0 Å². The molecule has 0 radical (unpaired) electrons. The summed E-state index contributed by atoms with van der Waals surface area (Å²) in [5.41, 5.74) is 1.81. The Morgan fingerprint density at radius 3 is 2.47 bits per heavy atom. The Morgan fingerprint density at radius 1 is 1.47 bits per heavy atom. The lowest BCUT2D eigenvalue weighted by Crippen LogP contribution is -2.02. The van der Waals surface area contributed by atoms with Gasteiger partial charge in [0, 0.05) is 10.7 Å². The molecule has 0 fully saturated rings. The van der Waals surface area contributed by atoms with E-state index in [4.69, 9.17) is 10.7 Å². The number of rotatable bonds is 2. The Kier molecular flexibility index (Phi) is 3.79. The maximum absolute atomic E-state index is 13.3. The van der Waals surface area contributed by atoms with Gasteiger partial charge in [0.2, 0.25) is 9.05 Å². The van der Waals surface area contributed by atoms with Crippen LogP contribution < -0.4 is 0 Å². The third kappa shape index (κ3) is 3.16. The van der Waals surface area contributed by atoms with Gasteiger partial charge in [0.05, 0.1) is 10.2 Å². The van der Waals surface area contributed by atoms with Crippen LogP contribution in [0.25, 0.3) is 0 Å². The first kappa shape index (κ1) is 12.9. The van der Waals surface area contributed by atoms with Gasteiger partial charge in [0.25, 0.3) is 0 Å². The van der Waals surface area contributed by atoms with Crippen LogP contribution in [0, 0.1) is 19.7 Å². The Hall–Kier alpha value is -0.130. The molecular weight excluding hydrogens is 307 g/mol. The second-order valence-electron chi connectivity index (χ2n) is 3.28. The van der Waals surface area contributed by atoms with E-state index in [0.29, 0.717) is 11.1 Å². The van der Waals surface area contributed by atoms with Gasteiger partial charge in [-0.15, -0.1) is 0 Å². The second kappa shape index (κ2) is 4.39. The minimum absolute atomic E-state index is 0.162. The van der Waals surface area contributed by atoms with Gasteiger partial charge >= 0.3 is 0 Å². The summed E-state index contributed by atoms with van der Waals surface area (Å²) in [4.78, 5) is 0. The zero-order valence-corrected chi connectivity index (χ0v) is 11.3. The van der Waals surface area contributed by atoms with E-state index in [2.05, 4.69) is 15.9 Å². The van der Waals surface area contributed by atoms with Crippen molar-refractivity contribution >= 4 is 35.7 Å². The summed E-state index contributed by atoms with van der Waals surface area (Å²) in [7, 11) is 1.47. The average molecular weight is 316 g/mol. The van der Waals surface area contributed by atoms with Crippen molar-refractivity contribution in [1.29, 1.82) is 0 Å². The highest BCUT2D eigenvalue weighted by Crippen LogP contribution is 2.28. The molecular formula is C9H9BrClFO2S. The molecule has 0 aromatic heterocycles. The van der Waals surface area contributed by atoms with Crippen LogP contribution >= 0.6 is 26.6 Å². The third-order valence-corrected chi connectivity index (χ3v) is 4.00. The average Bonchev–Trinajstić information content (AvgIpc) is 2.08. The Balaban J connectivity index is 3.40. The standard InChI is InChI=1S/C9H9BrClFO2S/c1-5-3-8(12)9(10)7(6(5)2)4-15(11,13)14/h3H,4H2,1-2H3. The van der Waals surface area contributed by atoms with Gasteiger partial charge in [0.1, 0.15) is 5.82 Å². The number of hydrogen-bond acceptors (Lipinski definition) is 2. The van der Waals surface area contributed by atoms with E-state index < -0.39 is 14.9 Å². The Morgan fingerprint density at radius 2 is 2.00 bits per heavy atom. The smallest absolute Gasteiger partial charge is 0.212 e. The van der Waals surface area contributed by atoms with E-state index in [9.17, 15) is 12.8 Å². The minimum atomic E-state index is -3.68. The molecule has 0 aliphatic rings. The lowest BCUT2D eigenvalue weighted by Gasteiger charge is -2.10. The van der Waals surface area contributed by atoms with Crippen molar-refractivity contribution in [3.8, 4) is 0 Å². The molecule has 6 heteroatoms. The van der Waals surface area contributed by atoms with E-state index in [1.807, 2.05) is 0 Å². The summed E-state index contributed by atoms with van der Waals surface area (Å²) in [5.74, 6) is -0.854. The maximum atomic E-state index is 13.3. The molecule has 2 nitrogen and oxygen atoms in total. The lowest BCUT2D eigenvalue weighted by atomic mass is 10.0. The van der Waals surface area contributed by atoms with Gasteiger partial charge in [-0.2, -0.15) is 0 Å². The summed E-state index contributed by atoms with van der Waals surface area (Å²) >= 11 is 3.02. The summed E-state index contributed by atoms with van der Waals surface area (Å²) in [5, 5.41) is 0. The van der Waals surface area contributed by atoms with E-state index in [1.54, 1.807) is 13.8 Å². The number of aryl methyl sites for hydroxylation is 1. The maximum Gasteiger partial charge on any atom is 0.236 e. The fourth-order valence-corrected chi connectivity index (χ4v) is 3.02. The number of hydrogen-bond donors (Lipinski definition) is 0. The van der Waals surface area contributed by atoms with Crippen LogP contribution in [0.1, 0.15) is 16.7 Å². The lowest BCUT2D eigenvalue weighted by molar-refractivity contribution is 0.606. The van der Waals surface area contributed by atoms with Gasteiger partial charge in [-0.1, -0.05) is 0 Å². The van der Waals surface area contributed by atoms with Crippen molar-refractivity contribution < 1.29 is 12.8 Å². The third-order valence-electron chi connectivity index (χ3n) is 2.18. The van der Waals surface area contributed by atoms with Crippen LogP contribution in [0.2, 0.25) is 0 Å². The topological polar surface area (TPSA) is 34.1 Å². The van der Waals surface area contributed by atoms with Crippen LogP contribution in [0.4, 0.5) is 4.39 Å². The fraction of sp³-hybridized carbons (Fsp3) is 0.333. The molecule has 0 aliphatic heterocycles. The van der Waals surface area contributed by atoms with E-state index >= 15 is 0 Å². The van der Waals surface area contributed by atoms with E-state index in [0.717, 1.165) is 5.56 Å². The van der Waals surface area contributed by atoms with Gasteiger partial charge in [-0.3, -0.25) is 0 Å². The minimum Gasteiger partial charge on any atom is -0.212 e. The van der Waals surface area contributed by atoms with Crippen molar-refractivity contribution in [3.05, 3.63) is 33.0 Å². The monoisotopic (exact) mass is 314 g/mol. The zero-order valence-electron chi connectivity index (χ0n) is 8.14. The highest BCUT2D eigenvalue weighted by molar-refractivity contribution is 9.10. The van der Waals surface area contributed by atoms with Gasteiger partial charge in [-0.25, -0.2) is 12.8 Å². The van der Waals surface area contributed by atoms with Crippen LogP contribution in [0.3, 0.4) is 0 Å². The molecule has 84 valence electrons. The summed E-state index contributed by atoms with van der Waals surface area (Å²) in [6.07, 6.45) is 0. The molecule has 1 aromatic rings. The molecule has 0 aliphatic carbocycles. The van der Waals surface area contributed by atoms with Crippen LogP contribution in [0.5, 0.6) is 0 Å². The molecule has 0 amide bonds. The second-order valence-corrected chi connectivity index (χ2v) is 6.85. The molecule has 0 saturated carbocycles. The molecule has 0 bridgehead atoms. The zero-order chi connectivity index (χ0) is 11.8. The quantitative estimate of drug-likeness (QED) is 0.785. The van der Waals surface area contributed by atoms with Gasteiger partial charge in [-0.05, 0) is 52.5 Å². The molecule has 1 rings (SSSR count). The van der Waals surface area contributed by atoms with Gasteiger partial charge < -0.3 is 0 Å². The Bertz CT molecular complexity index is 473. The van der Waals surface area contributed by atoms with Crippen molar-refractivity contribution in [1.82, 2.24) is 0 Å². The highest BCUT2D eigenvalue weighted by Gasteiger charge is 2.17. The van der Waals surface area contributed by atoms with Crippen LogP contribution in [0.15, 0.2) is 10.5 Å². The number of benzene rings is 1. The first-order chi connectivity index (χ1) is 6.72. The molecule has 1 aromatic carbocycles. The van der Waals surface area contributed by atoms with Crippen LogP contribution in [-0.2, 0) is 14.8 Å². The van der Waals surface area contributed by atoms with Crippen LogP contribution in [-0.4, -0.2) is 8.42 Å². The largest absolute Gasteiger partial charge is 0.236 e. The van der Waals surface area contributed by atoms with Crippen molar-refractivity contribution in [2.45, 2.75) is 19.6 Å². The summed E-state index contributed by atoms with van der Waals surface area (Å²) < 4.78 is 35.4. The fourth-order valence-electron chi connectivity index (χ4n) is 1.25. The predicted octanol–water partition coefficient (Wildman–Crippen LogP) is 3.27. The van der Waals surface area contributed by atoms with Crippen molar-refractivity contribution in [3.63, 3.8) is 0 Å². The first-order valence-corrected chi connectivity index (χ1v) is 7.36. The molecule has 15 heavy (non-hydrogen) atoms. The Labute approximate surface area is 101 Å². The highest BCUT2D eigenvalue weighted by atomic mass is 79.9. The first-order valence-electron chi connectivity index (χ1n) is 4.09. The summed E-state index contributed by atoms with van der Waals surface area (Å²) in [6, 6.07) is 1.35. The molecule has 0 unspecified atom stereocenters.